The first-order chi connectivity index (χ1) is 5.75. The van der Waals surface area contributed by atoms with Crippen LogP contribution in [0.2, 0.25) is 0 Å². The maximum atomic E-state index is 10.8. The van der Waals surface area contributed by atoms with Gasteiger partial charge >= 0.3 is 0 Å². The average Bonchev–Trinajstić information content (AvgIpc) is 2.05. The number of nitrogens with zero attached hydrogens (tertiary/aromatic N) is 1. The Morgan fingerprint density at radius 2 is 2.42 bits per heavy atom. The van der Waals surface area contributed by atoms with E-state index in [1.54, 1.807) is 6.07 Å². The molecule has 1 aromatic heterocycles. The van der Waals surface area contributed by atoms with Crippen LogP contribution in [0.5, 0.6) is 5.88 Å². The Kier molecular flexibility index (Phi) is 1.87. The first-order valence-electron chi connectivity index (χ1n) is 3.35. The van der Waals surface area contributed by atoms with Crippen molar-refractivity contribution in [3.05, 3.63) is 15.8 Å². The molecule has 1 aliphatic rings. The lowest BCUT2D eigenvalue weighted by molar-refractivity contribution is -0.118. The normalized spacial score (nSPS) is 14.6. The Labute approximate surface area is 82.5 Å². The largest absolute Gasteiger partial charge is 0.466 e. The summed E-state index contributed by atoms with van der Waals surface area (Å²) in [6.45, 7) is 0.0556. The number of amides is 1. The quantitative estimate of drug-likeness (QED) is 0.568. The molecule has 1 aliphatic heterocycles. The summed E-state index contributed by atoms with van der Waals surface area (Å²) in [6.07, 6.45) is 0. The lowest BCUT2D eigenvalue weighted by Crippen LogP contribution is -2.26. The van der Waals surface area contributed by atoms with Crippen molar-refractivity contribution < 1.29 is 9.53 Å². The van der Waals surface area contributed by atoms with Crippen LogP contribution in [-0.2, 0) is 4.79 Å². The first kappa shape index (κ1) is 7.78. The van der Waals surface area contributed by atoms with E-state index in [2.05, 4.69) is 32.9 Å². The van der Waals surface area contributed by atoms with E-state index < -0.39 is 0 Å². The molecule has 0 saturated heterocycles. The third kappa shape index (κ3) is 1.36. The van der Waals surface area contributed by atoms with Gasteiger partial charge in [-0.3, -0.25) is 4.79 Å². The van der Waals surface area contributed by atoms with Gasteiger partial charge in [0.05, 0.1) is 0 Å². The second-order valence-corrected chi connectivity index (χ2v) is 3.43. The minimum atomic E-state index is -0.134. The summed E-state index contributed by atoms with van der Waals surface area (Å²) >= 11 is 2.09. The minimum absolute atomic E-state index is 0.0556. The van der Waals surface area contributed by atoms with Crippen molar-refractivity contribution in [3.8, 4) is 5.88 Å². The van der Waals surface area contributed by atoms with Crippen molar-refractivity contribution in [2.24, 2.45) is 0 Å². The van der Waals surface area contributed by atoms with E-state index in [1.807, 2.05) is 6.07 Å². The van der Waals surface area contributed by atoms with Crippen molar-refractivity contribution in [1.29, 1.82) is 0 Å². The van der Waals surface area contributed by atoms with E-state index in [-0.39, 0.29) is 12.5 Å². The van der Waals surface area contributed by atoms with Gasteiger partial charge in [-0.05, 0) is 34.7 Å². The van der Waals surface area contributed by atoms with E-state index in [9.17, 15) is 4.79 Å². The first-order valence-corrected chi connectivity index (χ1v) is 4.43. The predicted octanol–water partition coefficient (Wildman–Crippen LogP) is 1.02. The van der Waals surface area contributed by atoms with E-state index in [0.29, 0.717) is 11.6 Å². The van der Waals surface area contributed by atoms with Crippen molar-refractivity contribution in [2.75, 3.05) is 11.9 Å². The molecule has 0 radical (unpaired) electrons. The number of fused-ring (bicyclic) bond motifs is 1. The van der Waals surface area contributed by atoms with Gasteiger partial charge in [0.15, 0.2) is 6.61 Å². The average molecular weight is 276 g/mol. The second-order valence-electron chi connectivity index (χ2n) is 2.32. The number of anilines is 1. The summed E-state index contributed by atoms with van der Waals surface area (Å²) < 4.78 is 5.94. The predicted molar refractivity (Wildman–Crippen MR) is 51.1 cm³/mol. The Balaban J connectivity index is 2.43. The van der Waals surface area contributed by atoms with Gasteiger partial charge < -0.3 is 10.1 Å². The topological polar surface area (TPSA) is 51.2 Å². The van der Waals surface area contributed by atoms with Gasteiger partial charge in [0, 0.05) is 0 Å². The lowest BCUT2D eigenvalue weighted by Gasteiger charge is -2.15. The highest BCUT2D eigenvalue weighted by molar-refractivity contribution is 14.1. The summed E-state index contributed by atoms with van der Waals surface area (Å²) in [5, 5.41) is 2.66. The van der Waals surface area contributed by atoms with Crippen LogP contribution in [-0.4, -0.2) is 17.5 Å². The number of halogens is 1. The fraction of sp³-hybridized carbons (Fsp3) is 0.143. The third-order valence-corrected chi connectivity index (χ3v) is 2.04. The highest BCUT2D eigenvalue weighted by Crippen LogP contribution is 2.25. The Morgan fingerprint density at radius 1 is 1.58 bits per heavy atom. The SMILES string of the molecule is O=C1COc2nc(I)ccc2N1. The number of pyridine rings is 1. The molecule has 0 saturated carbocycles. The number of rotatable bonds is 0. The smallest absolute Gasteiger partial charge is 0.262 e. The second kappa shape index (κ2) is 2.89. The lowest BCUT2D eigenvalue weighted by atomic mass is 10.3. The molecule has 1 amide bonds. The molecule has 62 valence electrons. The molecule has 0 atom stereocenters. The third-order valence-electron chi connectivity index (χ3n) is 1.44. The molecule has 0 bridgehead atoms. The highest BCUT2D eigenvalue weighted by atomic mass is 127. The number of hydrogen-bond donors (Lipinski definition) is 1. The van der Waals surface area contributed by atoms with Crippen LogP contribution in [0.15, 0.2) is 12.1 Å². The number of aromatic nitrogens is 1. The maximum absolute atomic E-state index is 10.8. The molecule has 1 aromatic rings. The van der Waals surface area contributed by atoms with Crippen molar-refractivity contribution in [2.45, 2.75) is 0 Å². The van der Waals surface area contributed by atoms with Gasteiger partial charge in [-0.25, -0.2) is 4.98 Å². The zero-order valence-electron chi connectivity index (χ0n) is 6.00. The van der Waals surface area contributed by atoms with Gasteiger partial charge in [0.2, 0.25) is 5.88 Å². The number of nitrogens with one attached hydrogen (secondary N) is 1. The van der Waals surface area contributed by atoms with Crippen LogP contribution >= 0.6 is 22.6 Å². The summed E-state index contributed by atoms with van der Waals surface area (Å²) in [7, 11) is 0. The Bertz CT molecular complexity index is 340. The van der Waals surface area contributed by atoms with Crippen molar-refractivity contribution in [3.63, 3.8) is 0 Å². The number of carbonyl (C=O) groups is 1. The zero-order valence-corrected chi connectivity index (χ0v) is 8.16. The monoisotopic (exact) mass is 276 g/mol. The Morgan fingerprint density at radius 3 is 3.25 bits per heavy atom. The Hall–Kier alpha value is -0.850. The fourth-order valence-electron chi connectivity index (χ4n) is 0.943. The molecular weight excluding hydrogens is 271 g/mol. The molecular formula is C7H5IN2O2. The van der Waals surface area contributed by atoms with E-state index >= 15 is 0 Å². The van der Waals surface area contributed by atoms with E-state index in [1.165, 1.54) is 0 Å². The molecule has 0 aromatic carbocycles. The molecule has 2 rings (SSSR count). The van der Waals surface area contributed by atoms with Gasteiger partial charge in [-0.2, -0.15) is 0 Å². The summed E-state index contributed by atoms with van der Waals surface area (Å²) in [5.41, 5.74) is 0.645. The highest BCUT2D eigenvalue weighted by Gasteiger charge is 2.16. The fourth-order valence-corrected chi connectivity index (χ4v) is 1.34. The zero-order chi connectivity index (χ0) is 8.55. The van der Waals surface area contributed by atoms with Gasteiger partial charge in [-0.15, -0.1) is 0 Å². The molecule has 5 heteroatoms. The molecule has 12 heavy (non-hydrogen) atoms. The van der Waals surface area contributed by atoms with E-state index in [4.69, 9.17) is 4.74 Å². The minimum Gasteiger partial charge on any atom is -0.466 e. The summed E-state index contributed by atoms with van der Waals surface area (Å²) in [5.74, 6) is 0.368. The molecule has 4 nitrogen and oxygen atoms in total. The molecule has 0 aliphatic carbocycles. The van der Waals surface area contributed by atoms with Crippen LogP contribution in [0.1, 0.15) is 0 Å². The number of ether oxygens (including phenoxy) is 1. The molecule has 1 N–H and O–H groups in total. The van der Waals surface area contributed by atoms with Crippen molar-refractivity contribution >= 4 is 34.2 Å². The van der Waals surface area contributed by atoms with Crippen LogP contribution < -0.4 is 10.1 Å². The summed E-state index contributed by atoms with van der Waals surface area (Å²) in [6, 6.07) is 3.59. The molecule has 0 unspecified atom stereocenters. The van der Waals surface area contributed by atoms with Crippen LogP contribution in [0.25, 0.3) is 0 Å². The molecule has 0 spiro atoms. The summed E-state index contributed by atoms with van der Waals surface area (Å²) in [4.78, 5) is 14.9. The standard InChI is InChI=1S/C7H5IN2O2/c8-5-2-1-4-7(10-5)12-3-6(11)9-4/h1-2H,3H2,(H,9,11). The van der Waals surface area contributed by atoms with Gasteiger partial charge in [0.1, 0.15) is 9.39 Å². The van der Waals surface area contributed by atoms with Gasteiger partial charge in [0.25, 0.3) is 5.91 Å². The van der Waals surface area contributed by atoms with Gasteiger partial charge in [-0.1, -0.05) is 0 Å². The van der Waals surface area contributed by atoms with Crippen LogP contribution in [0.3, 0.4) is 0 Å². The van der Waals surface area contributed by atoms with E-state index in [0.717, 1.165) is 3.70 Å². The number of carbonyl (C=O) groups excluding carboxylic acids is 1. The van der Waals surface area contributed by atoms with Crippen molar-refractivity contribution in [1.82, 2.24) is 4.98 Å². The molecule has 2 heterocycles. The van der Waals surface area contributed by atoms with Crippen LogP contribution in [0, 0.1) is 3.70 Å². The number of hydrogen-bond acceptors (Lipinski definition) is 3. The van der Waals surface area contributed by atoms with Crippen LogP contribution in [0.4, 0.5) is 5.69 Å². The molecule has 0 fully saturated rings. The maximum Gasteiger partial charge on any atom is 0.262 e.